The summed E-state index contributed by atoms with van der Waals surface area (Å²) in [7, 11) is 0. The van der Waals surface area contributed by atoms with E-state index in [9.17, 15) is 14.9 Å². The molecule has 2 aromatic heterocycles. The van der Waals surface area contributed by atoms with E-state index in [4.69, 9.17) is 16.0 Å². The van der Waals surface area contributed by atoms with Crippen molar-refractivity contribution < 1.29 is 14.1 Å². The number of anilines is 1. The Balaban J connectivity index is 1.62. The van der Waals surface area contributed by atoms with E-state index in [-0.39, 0.29) is 33.3 Å². The zero-order chi connectivity index (χ0) is 18.5. The molecule has 3 rings (SSSR count). The van der Waals surface area contributed by atoms with Crippen molar-refractivity contribution in [2.45, 2.75) is 5.22 Å². The van der Waals surface area contributed by atoms with E-state index in [0.717, 1.165) is 11.8 Å². The molecule has 1 N–H and O–H groups in total. The Kier molecular flexibility index (Phi) is 5.44. The Hall–Kier alpha value is -2.98. The molecule has 0 atom stereocenters. The fourth-order valence-electron chi connectivity index (χ4n) is 1.95. The standard InChI is InChI=1S/C15H10ClN5O4S/c16-10-3-4-11(12(6-10)21(23)24)18-13(22)8-26-15-20-19-14(25-15)9-2-1-5-17-7-9/h1-7H,8H2,(H,18,22). The first-order valence-electron chi connectivity index (χ1n) is 7.13. The molecule has 0 fully saturated rings. The molecule has 0 spiro atoms. The van der Waals surface area contributed by atoms with Crippen LogP contribution in [0.5, 0.6) is 0 Å². The minimum atomic E-state index is -0.618. The fourth-order valence-corrected chi connectivity index (χ4v) is 2.68. The number of carbonyl (C=O) groups is 1. The molecule has 0 aliphatic carbocycles. The number of aromatic nitrogens is 3. The van der Waals surface area contributed by atoms with Crippen LogP contribution >= 0.6 is 23.4 Å². The molecule has 3 aromatic rings. The van der Waals surface area contributed by atoms with Crippen molar-refractivity contribution in [3.8, 4) is 11.5 Å². The van der Waals surface area contributed by atoms with Gasteiger partial charge in [0.05, 0.1) is 16.2 Å². The van der Waals surface area contributed by atoms with E-state index in [0.29, 0.717) is 5.56 Å². The predicted octanol–water partition coefficient (Wildman–Crippen LogP) is 3.42. The van der Waals surface area contributed by atoms with Crippen LogP contribution in [0.4, 0.5) is 11.4 Å². The van der Waals surface area contributed by atoms with Crippen molar-refractivity contribution in [3.63, 3.8) is 0 Å². The summed E-state index contributed by atoms with van der Waals surface area (Å²) in [5, 5.41) is 21.6. The van der Waals surface area contributed by atoms with E-state index in [2.05, 4.69) is 20.5 Å². The van der Waals surface area contributed by atoms with Crippen LogP contribution in [-0.4, -0.2) is 31.8 Å². The Morgan fingerprint density at radius 1 is 1.35 bits per heavy atom. The fraction of sp³-hybridized carbons (Fsp3) is 0.0667. The largest absolute Gasteiger partial charge is 0.411 e. The van der Waals surface area contributed by atoms with Crippen molar-refractivity contribution in [2.75, 3.05) is 11.1 Å². The van der Waals surface area contributed by atoms with Crippen LogP contribution in [0.2, 0.25) is 5.02 Å². The van der Waals surface area contributed by atoms with E-state index in [1.165, 1.54) is 18.2 Å². The number of pyridine rings is 1. The Morgan fingerprint density at radius 2 is 2.19 bits per heavy atom. The van der Waals surface area contributed by atoms with Crippen LogP contribution in [0.1, 0.15) is 0 Å². The number of amides is 1. The molecule has 0 saturated carbocycles. The topological polar surface area (TPSA) is 124 Å². The highest BCUT2D eigenvalue weighted by atomic mass is 35.5. The summed E-state index contributed by atoms with van der Waals surface area (Å²) in [5.74, 6) is -0.232. The average Bonchev–Trinajstić information content (AvgIpc) is 3.11. The predicted molar refractivity (Wildman–Crippen MR) is 95.0 cm³/mol. The first kappa shape index (κ1) is 17.8. The van der Waals surface area contributed by atoms with Crippen LogP contribution in [0.3, 0.4) is 0 Å². The lowest BCUT2D eigenvalue weighted by Crippen LogP contribution is -2.15. The average molecular weight is 392 g/mol. The Morgan fingerprint density at radius 3 is 2.92 bits per heavy atom. The molecular weight excluding hydrogens is 382 g/mol. The summed E-state index contributed by atoms with van der Waals surface area (Å²) in [6.45, 7) is 0. The summed E-state index contributed by atoms with van der Waals surface area (Å²) >= 11 is 6.75. The van der Waals surface area contributed by atoms with E-state index in [1.54, 1.807) is 24.5 Å². The van der Waals surface area contributed by atoms with E-state index >= 15 is 0 Å². The highest BCUT2D eigenvalue weighted by Gasteiger charge is 2.17. The highest BCUT2D eigenvalue weighted by Crippen LogP contribution is 2.28. The Bertz CT molecular complexity index is 950. The molecule has 9 nitrogen and oxygen atoms in total. The third-order valence-electron chi connectivity index (χ3n) is 3.07. The first-order chi connectivity index (χ1) is 12.5. The van der Waals surface area contributed by atoms with Gasteiger partial charge in [-0.15, -0.1) is 10.2 Å². The number of hydrogen-bond acceptors (Lipinski definition) is 8. The van der Waals surface area contributed by atoms with Gasteiger partial charge < -0.3 is 9.73 Å². The van der Waals surface area contributed by atoms with Crippen molar-refractivity contribution in [1.82, 2.24) is 15.2 Å². The van der Waals surface area contributed by atoms with Gasteiger partial charge in [0, 0.05) is 23.5 Å². The number of nitro benzene ring substituents is 1. The molecule has 0 unspecified atom stereocenters. The van der Waals surface area contributed by atoms with E-state index < -0.39 is 10.8 Å². The number of benzene rings is 1. The number of nitrogens with one attached hydrogen (secondary N) is 1. The number of rotatable bonds is 6. The molecule has 0 bridgehead atoms. The number of carbonyl (C=O) groups excluding carboxylic acids is 1. The first-order valence-corrected chi connectivity index (χ1v) is 8.50. The summed E-state index contributed by atoms with van der Waals surface area (Å²) in [6, 6.07) is 7.49. The minimum absolute atomic E-state index is 0.0611. The second kappa shape index (κ2) is 7.93. The number of hydrogen-bond donors (Lipinski definition) is 1. The van der Waals surface area contributed by atoms with Crippen molar-refractivity contribution in [3.05, 3.63) is 57.9 Å². The molecule has 1 amide bonds. The second-order valence-electron chi connectivity index (χ2n) is 4.87. The van der Waals surface area contributed by atoms with Gasteiger partial charge in [-0.3, -0.25) is 19.9 Å². The third-order valence-corrected chi connectivity index (χ3v) is 4.13. The molecule has 0 saturated heterocycles. The van der Waals surface area contributed by atoms with Crippen LogP contribution < -0.4 is 5.32 Å². The summed E-state index contributed by atoms with van der Waals surface area (Å²) in [5.41, 5.74) is 0.437. The normalized spacial score (nSPS) is 10.5. The number of nitrogens with zero attached hydrogens (tertiary/aromatic N) is 4. The van der Waals surface area contributed by atoms with Crippen LogP contribution in [0, 0.1) is 10.1 Å². The Labute approximate surface area is 155 Å². The molecule has 0 aliphatic heterocycles. The lowest BCUT2D eigenvalue weighted by Gasteiger charge is -2.05. The molecule has 1 aromatic carbocycles. The number of thioether (sulfide) groups is 1. The van der Waals surface area contributed by atoms with Crippen molar-refractivity contribution in [2.24, 2.45) is 0 Å². The van der Waals surface area contributed by atoms with Gasteiger partial charge >= 0.3 is 0 Å². The summed E-state index contributed by atoms with van der Waals surface area (Å²) < 4.78 is 5.44. The SMILES string of the molecule is O=C(CSc1nnc(-c2cccnc2)o1)Nc1ccc(Cl)cc1[N+](=O)[O-]. The summed E-state index contributed by atoms with van der Waals surface area (Å²) in [6.07, 6.45) is 3.20. The number of halogens is 1. The van der Waals surface area contributed by atoms with Crippen LogP contribution in [0.25, 0.3) is 11.5 Å². The highest BCUT2D eigenvalue weighted by molar-refractivity contribution is 7.99. The van der Waals surface area contributed by atoms with Gasteiger partial charge in [-0.2, -0.15) is 0 Å². The zero-order valence-corrected chi connectivity index (χ0v) is 14.5. The maximum absolute atomic E-state index is 12.0. The van der Waals surface area contributed by atoms with Crippen LogP contribution in [-0.2, 0) is 4.79 Å². The third kappa shape index (κ3) is 4.35. The second-order valence-corrected chi connectivity index (χ2v) is 6.23. The molecule has 0 radical (unpaired) electrons. The van der Waals surface area contributed by atoms with Gasteiger partial charge in [0.15, 0.2) is 0 Å². The maximum atomic E-state index is 12.0. The van der Waals surface area contributed by atoms with E-state index in [1.807, 2.05) is 0 Å². The molecule has 11 heteroatoms. The lowest BCUT2D eigenvalue weighted by atomic mass is 10.2. The number of nitro groups is 1. The zero-order valence-electron chi connectivity index (χ0n) is 13.0. The summed E-state index contributed by atoms with van der Waals surface area (Å²) in [4.78, 5) is 26.4. The van der Waals surface area contributed by atoms with Crippen LogP contribution in [0.15, 0.2) is 52.4 Å². The quantitative estimate of drug-likeness (QED) is 0.385. The smallest absolute Gasteiger partial charge is 0.294 e. The molecule has 2 heterocycles. The van der Waals surface area contributed by atoms with Gasteiger partial charge in [-0.1, -0.05) is 23.4 Å². The monoisotopic (exact) mass is 391 g/mol. The van der Waals surface area contributed by atoms with Gasteiger partial charge in [0.1, 0.15) is 5.69 Å². The van der Waals surface area contributed by atoms with Crippen molar-refractivity contribution >= 4 is 40.6 Å². The van der Waals surface area contributed by atoms with Gasteiger partial charge in [-0.25, -0.2) is 0 Å². The van der Waals surface area contributed by atoms with Gasteiger partial charge in [0.2, 0.25) is 11.8 Å². The van der Waals surface area contributed by atoms with Gasteiger partial charge in [-0.05, 0) is 24.3 Å². The molecule has 0 aliphatic rings. The molecular formula is C15H10ClN5O4S. The maximum Gasteiger partial charge on any atom is 0.294 e. The van der Waals surface area contributed by atoms with Gasteiger partial charge in [0.25, 0.3) is 10.9 Å². The van der Waals surface area contributed by atoms with Crippen molar-refractivity contribution in [1.29, 1.82) is 0 Å². The molecule has 26 heavy (non-hydrogen) atoms. The lowest BCUT2D eigenvalue weighted by molar-refractivity contribution is -0.383. The molecule has 132 valence electrons. The minimum Gasteiger partial charge on any atom is -0.411 e.